The molecule has 0 aliphatic carbocycles. The molecule has 0 atom stereocenters. The summed E-state index contributed by atoms with van der Waals surface area (Å²) in [7, 11) is 1.63. The number of carbonyl (C=O) groups excluding carboxylic acids is 2. The molecular formula is C28H22Cl2N2O4S. The van der Waals surface area contributed by atoms with E-state index in [1.165, 1.54) is 4.90 Å². The zero-order valence-electron chi connectivity index (χ0n) is 19.8. The molecular weight excluding hydrogens is 531 g/mol. The van der Waals surface area contributed by atoms with E-state index in [1.54, 1.807) is 31.4 Å². The number of ether oxygens (including phenoxy) is 2. The van der Waals surface area contributed by atoms with Gasteiger partial charge < -0.3 is 14.0 Å². The van der Waals surface area contributed by atoms with E-state index in [2.05, 4.69) is 4.57 Å². The van der Waals surface area contributed by atoms with E-state index in [9.17, 15) is 9.59 Å². The van der Waals surface area contributed by atoms with Gasteiger partial charge in [0.05, 0.1) is 25.1 Å². The zero-order chi connectivity index (χ0) is 25.9. The maximum atomic E-state index is 13.1. The first-order valence-electron chi connectivity index (χ1n) is 11.5. The first kappa shape index (κ1) is 25.3. The Morgan fingerprint density at radius 1 is 0.973 bits per heavy atom. The Hall–Kier alpha value is -3.39. The summed E-state index contributed by atoms with van der Waals surface area (Å²) in [5.74, 6) is 1.18. The quantitative estimate of drug-likeness (QED) is 0.215. The Morgan fingerprint density at radius 3 is 2.49 bits per heavy atom. The summed E-state index contributed by atoms with van der Waals surface area (Å²) < 4.78 is 13.2. The third-order valence-electron chi connectivity index (χ3n) is 5.98. The minimum absolute atomic E-state index is 0.0858. The van der Waals surface area contributed by atoms with Crippen molar-refractivity contribution in [1.29, 1.82) is 0 Å². The molecule has 1 aromatic heterocycles. The minimum Gasteiger partial charge on any atom is -0.497 e. The highest BCUT2D eigenvalue weighted by atomic mass is 35.5. The number of para-hydroxylation sites is 1. The molecule has 5 rings (SSSR count). The molecule has 1 saturated heterocycles. The number of methoxy groups -OCH3 is 1. The highest BCUT2D eigenvalue weighted by Crippen LogP contribution is 2.36. The predicted molar refractivity (Wildman–Crippen MR) is 148 cm³/mol. The van der Waals surface area contributed by atoms with Crippen LogP contribution in [0.15, 0.2) is 77.8 Å². The van der Waals surface area contributed by atoms with Gasteiger partial charge in [0.2, 0.25) is 0 Å². The number of halogens is 2. The Bertz CT molecular complexity index is 1510. The highest BCUT2D eigenvalue weighted by Gasteiger charge is 2.35. The average molecular weight is 553 g/mol. The molecule has 1 aliphatic rings. The molecule has 1 aliphatic heterocycles. The van der Waals surface area contributed by atoms with E-state index < -0.39 is 0 Å². The first-order valence-corrected chi connectivity index (χ1v) is 13.0. The van der Waals surface area contributed by atoms with Crippen molar-refractivity contribution in [3.8, 4) is 11.5 Å². The van der Waals surface area contributed by atoms with Crippen molar-refractivity contribution in [1.82, 2.24) is 9.47 Å². The van der Waals surface area contributed by atoms with Gasteiger partial charge in [0.25, 0.3) is 11.1 Å². The summed E-state index contributed by atoms with van der Waals surface area (Å²) in [6.45, 7) is 1.15. The number of carbonyl (C=O) groups is 2. The average Bonchev–Trinajstić information content (AvgIpc) is 3.38. The van der Waals surface area contributed by atoms with Crippen LogP contribution in [0.5, 0.6) is 11.5 Å². The van der Waals surface area contributed by atoms with Crippen LogP contribution in [0.2, 0.25) is 10.0 Å². The summed E-state index contributed by atoms with van der Waals surface area (Å²) in [5.41, 5.74) is 2.53. The molecule has 1 fully saturated rings. The minimum atomic E-state index is -0.347. The predicted octanol–water partition coefficient (Wildman–Crippen LogP) is 7.27. The molecule has 6 nitrogen and oxygen atoms in total. The third kappa shape index (κ3) is 5.49. The molecule has 4 aromatic rings. The van der Waals surface area contributed by atoms with E-state index in [4.69, 9.17) is 32.7 Å². The van der Waals surface area contributed by atoms with Gasteiger partial charge in [-0.05, 0) is 65.9 Å². The fraction of sp³-hybridized carbons (Fsp3) is 0.143. The van der Waals surface area contributed by atoms with Crippen LogP contribution >= 0.6 is 35.0 Å². The largest absolute Gasteiger partial charge is 0.497 e. The van der Waals surface area contributed by atoms with Crippen LogP contribution in [0.3, 0.4) is 0 Å². The standard InChI is InChI=1S/C28H22Cl2N2O4S/c1-35-21-8-10-22(11-9-21)36-13-12-31-16-19(23-4-2-3-5-25(23)31)14-26-27(33)32(28(34)37-26)17-18-6-7-20(29)15-24(18)30/h2-11,14-16H,12-13,17H2,1H3/b26-14-. The number of imide groups is 1. The van der Waals surface area contributed by atoms with Crippen LogP contribution in [-0.4, -0.2) is 34.3 Å². The summed E-state index contributed by atoms with van der Waals surface area (Å²) in [5, 5.41) is 1.56. The normalized spacial score (nSPS) is 14.7. The highest BCUT2D eigenvalue weighted by molar-refractivity contribution is 8.18. The van der Waals surface area contributed by atoms with Crippen molar-refractivity contribution in [3.05, 3.63) is 99.0 Å². The van der Waals surface area contributed by atoms with Crippen molar-refractivity contribution in [2.24, 2.45) is 0 Å². The zero-order valence-corrected chi connectivity index (χ0v) is 22.1. The molecule has 0 saturated carbocycles. The number of thioether (sulfide) groups is 1. The fourth-order valence-electron chi connectivity index (χ4n) is 4.11. The van der Waals surface area contributed by atoms with Gasteiger partial charge in [-0.2, -0.15) is 0 Å². The first-order chi connectivity index (χ1) is 17.9. The van der Waals surface area contributed by atoms with E-state index >= 15 is 0 Å². The van der Waals surface area contributed by atoms with E-state index in [1.807, 2.05) is 54.7 Å². The fourth-order valence-corrected chi connectivity index (χ4v) is 5.40. The number of hydrogen-bond donors (Lipinski definition) is 0. The lowest BCUT2D eigenvalue weighted by atomic mass is 10.1. The van der Waals surface area contributed by atoms with Crippen LogP contribution in [0.4, 0.5) is 4.79 Å². The monoisotopic (exact) mass is 552 g/mol. The number of aromatic nitrogens is 1. The van der Waals surface area contributed by atoms with Gasteiger partial charge in [-0.1, -0.05) is 47.5 Å². The lowest BCUT2D eigenvalue weighted by molar-refractivity contribution is -0.123. The van der Waals surface area contributed by atoms with Crippen LogP contribution in [0.1, 0.15) is 11.1 Å². The van der Waals surface area contributed by atoms with Crippen molar-refractivity contribution in [2.45, 2.75) is 13.1 Å². The number of amides is 2. The Labute approximate surface area is 228 Å². The second kappa shape index (κ2) is 10.9. The summed E-state index contributed by atoms with van der Waals surface area (Å²) >= 11 is 13.2. The maximum absolute atomic E-state index is 13.1. The lowest BCUT2D eigenvalue weighted by Crippen LogP contribution is -2.27. The van der Waals surface area contributed by atoms with Crippen LogP contribution in [0, 0.1) is 0 Å². The Kier molecular flexibility index (Phi) is 7.46. The summed E-state index contributed by atoms with van der Waals surface area (Å²) in [4.78, 5) is 27.4. The topological polar surface area (TPSA) is 60.8 Å². The number of hydrogen-bond acceptors (Lipinski definition) is 5. The smallest absolute Gasteiger partial charge is 0.293 e. The van der Waals surface area contributed by atoms with Crippen LogP contribution in [-0.2, 0) is 17.9 Å². The van der Waals surface area contributed by atoms with E-state index in [0.717, 1.165) is 39.7 Å². The number of fused-ring (bicyclic) bond motifs is 1. The molecule has 0 unspecified atom stereocenters. The molecule has 9 heteroatoms. The van der Waals surface area contributed by atoms with Gasteiger partial charge in [-0.3, -0.25) is 14.5 Å². The molecule has 37 heavy (non-hydrogen) atoms. The van der Waals surface area contributed by atoms with Gasteiger partial charge in [-0.25, -0.2) is 0 Å². The summed E-state index contributed by atoms with van der Waals surface area (Å²) in [6.07, 6.45) is 3.75. The third-order valence-corrected chi connectivity index (χ3v) is 7.48. The van der Waals surface area contributed by atoms with Gasteiger partial charge in [0.15, 0.2) is 0 Å². The van der Waals surface area contributed by atoms with E-state index in [-0.39, 0.29) is 17.7 Å². The van der Waals surface area contributed by atoms with Crippen molar-refractivity contribution in [2.75, 3.05) is 13.7 Å². The molecule has 0 radical (unpaired) electrons. The van der Waals surface area contributed by atoms with Gasteiger partial charge in [0.1, 0.15) is 18.1 Å². The van der Waals surface area contributed by atoms with Gasteiger partial charge >= 0.3 is 0 Å². The second-order valence-corrected chi connectivity index (χ2v) is 10.2. The molecule has 2 heterocycles. The molecule has 0 N–H and O–H groups in total. The Balaban J connectivity index is 1.34. The Morgan fingerprint density at radius 2 is 1.73 bits per heavy atom. The summed E-state index contributed by atoms with van der Waals surface area (Å²) in [6, 6.07) is 20.4. The SMILES string of the molecule is COc1ccc(OCCn2cc(/C=C3\SC(=O)N(Cc4ccc(Cl)cc4Cl)C3=O)c3ccccc32)cc1. The molecule has 0 bridgehead atoms. The van der Waals surface area contributed by atoms with Crippen molar-refractivity contribution in [3.63, 3.8) is 0 Å². The van der Waals surface area contributed by atoms with Crippen molar-refractivity contribution < 1.29 is 19.1 Å². The van der Waals surface area contributed by atoms with Crippen molar-refractivity contribution >= 4 is 63.1 Å². The molecule has 2 amide bonds. The van der Waals surface area contributed by atoms with E-state index in [0.29, 0.717) is 33.7 Å². The van der Waals surface area contributed by atoms with Crippen LogP contribution in [0.25, 0.3) is 17.0 Å². The maximum Gasteiger partial charge on any atom is 0.293 e. The number of benzene rings is 3. The number of rotatable bonds is 8. The molecule has 188 valence electrons. The molecule has 0 spiro atoms. The lowest BCUT2D eigenvalue weighted by Gasteiger charge is -2.13. The second-order valence-electron chi connectivity index (χ2n) is 8.32. The molecule has 3 aromatic carbocycles. The van der Waals surface area contributed by atoms with Gasteiger partial charge in [0, 0.05) is 32.7 Å². The van der Waals surface area contributed by atoms with Crippen LogP contribution < -0.4 is 9.47 Å². The van der Waals surface area contributed by atoms with Gasteiger partial charge in [-0.15, -0.1) is 0 Å². The number of nitrogens with zero attached hydrogens (tertiary/aromatic N) is 2.